The molecule has 2 aromatic heterocycles. The number of phenolic OH excluding ortho intramolecular Hbond substituents is 1. The van der Waals surface area contributed by atoms with E-state index < -0.39 is 10.0 Å². The fourth-order valence-corrected chi connectivity index (χ4v) is 4.48. The van der Waals surface area contributed by atoms with E-state index in [0.717, 1.165) is 5.41 Å². The molecule has 170 valence electrons. The van der Waals surface area contributed by atoms with Gasteiger partial charge in [0.05, 0.1) is 29.9 Å². The molecule has 0 unspecified atom stereocenters. The van der Waals surface area contributed by atoms with Gasteiger partial charge in [-0.25, -0.2) is 23.1 Å². The zero-order valence-electron chi connectivity index (χ0n) is 17.9. The third-order valence-corrected chi connectivity index (χ3v) is 6.60. The van der Waals surface area contributed by atoms with Crippen molar-refractivity contribution in [3.05, 3.63) is 66.8 Å². The van der Waals surface area contributed by atoms with Gasteiger partial charge < -0.3 is 16.2 Å². The zero-order chi connectivity index (χ0) is 23.6. The van der Waals surface area contributed by atoms with Crippen LogP contribution in [0.4, 0.5) is 17.2 Å². The van der Waals surface area contributed by atoms with Crippen LogP contribution >= 0.6 is 0 Å². The summed E-state index contributed by atoms with van der Waals surface area (Å²) in [4.78, 5) is 8.43. The number of sulfonamides is 1. The van der Waals surface area contributed by atoms with Crippen molar-refractivity contribution in [2.45, 2.75) is 6.54 Å². The van der Waals surface area contributed by atoms with E-state index in [1.165, 1.54) is 10.6 Å². The molecular weight excluding hydrogens is 442 g/mol. The fraction of sp³-hybridized carbons (Fsp3) is 0.136. The summed E-state index contributed by atoms with van der Waals surface area (Å²) in [6.07, 6.45) is 1.34. The van der Waals surface area contributed by atoms with Crippen LogP contribution < -0.4 is 15.4 Å². The maximum atomic E-state index is 12.7. The van der Waals surface area contributed by atoms with Gasteiger partial charge in [-0.1, -0.05) is 24.8 Å². The lowest BCUT2D eigenvalue weighted by atomic mass is 10.1. The second-order valence-corrected chi connectivity index (χ2v) is 8.93. The molecule has 0 atom stereocenters. The molecule has 4 N–H and O–H groups in total. The summed E-state index contributed by atoms with van der Waals surface area (Å²) < 4.78 is 28.2. The zero-order valence-corrected chi connectivity index (χ0v) is 18.7. The van der Waals surface area contributed by atoms with Crippen LogP contribution in [0.1, 0.15) is 0 Å². The highest BCUT2D eigenvalue weighted by Gasteiger charge is 2.22. The number of hydrogen-bond donors (Lipinski definition) is 3. The van der Waals surface area contributed by atoms with Gasteiger partial charge in [-0.05, 0) is 30.3 Å². The van der Waals surface area contributed by atoms with Crippen LogP contribution in [0, 0.1) is 0 Å². The van der Waals surface area contributed by atoms with Gasteiger partial charge in [0.25, 0.3) is 10.0 Å². The minimum Gasteiger partial charge on any atom is -0.506 e. The highest BCUT2D eigenvalue weighted by atomic mass is 32.2. The van der Waals surface area contributed by atoms with E-state index in [1.807, 2.05) is 6.07 Å². The van der Waals surface area contributed by atoms with E-state index >= 15 is 0 Å². The number of fused-ring (bicyclic) bond motifs is 1. The van der Waals surface area contributed by atoms with E-state index in [1.54, 1.807) is 54.2 Å². The van der Waals surface area contributed by atoms with Crippen molar-refractivity contribution < 1.29 is 13.5 Å². The first kappa shape index (κ1) is 22.1. The van der Waals surface area contributed by atoms with Gasteiger partial charge in [-0.15, -0.1) is 0 Å². The number of aromatic nitrogens is 4. The average molecular weight is 466 g/mol. The molecule has 2 heterocycles. The Kier molecular flexibility index (Phi) is 5.88. The van der Waals surface area contributed by atoms with E-state index in [2.05, 4.69) is 27.0 Å². The van der Waals surface area contributed by atoms with Crippen molar-refractivity contribution in [2.24, 2.45) is 0 Å². The predicted molar refractivity (Wildman–Crippen MR) is 129 cm³/mol. The Morgan fingerprint density at radius 1 is 1.21 bits per heavy atom. The number of nitrogen functional groups attached to an aromatic ring is 1. The van der Waals surface area contributed by atoms with Crippen molar-refractivity contribution >= 4 is 38.2 Å². The largest absolute Gasteiger partial charge is 0.506 e. The first-order valence-electron chi connectivity index (χ1n) is 10.0. The molecule has 0 bridgehead atoms. The molecule has 0 spiro atoms. The summed E-state index contributed by atoms with van der Waals surface area (Å²) in [7, 11) is -2.04. The number of para-hydroxylation sites is 1. The lowest BCUT2D eigenvalue weighted by Crippen LogP contribution is -2.32. The molecule has 2 aromatic carbocycles. The lowest BCUT2D eigenvalue weighted by Gasteiger charge is -2.22. The molecule has 0 aliphatic carbocycles. The number of hydrogen-bond acceptors (Lipinski definition) is 8. The van der Waals surface area contributed by atoms with Crippen molar-refractivity contribution in [3.8, 4) is 17.0 Å². The van der Waals surface area contributed by atoms with Gasteiger partial charge in [-0.3, -0.25) is 4.31 Å². The van der Waals surface area contributed by atoms with E-state index in [9.17, 15) is 13.5 Å². The highest BCUT2D eigenvalue weighted by Crippen LogP contribution is 2.34. The van der Waals surface area contributed by atoms with Crippen molar-refractivity contribution in [3.63, 3.8) is 0 Å². The molecule has 11 heteroatoms. The Hall–Kier alpha value is -4.12. The maximum absolute atomic E-state index is 12.7. The average Bonchev–Trinajstić information content (AvgIpc) is 3.20. The molecule has 0 aliphatic rings. The summed E-state index contributed by atoms with van der Waals surface area (Å²) in [5, 5.41) is 19.1. The van der Waals surface area contributed by atoms with Gasteiger partial charge in [0.2, 0.25) is 0 Å². The molecule has 33 heavy (non-hydrogen) atoms. The van der Waals surface area contributed by atoms with Crippen LogP contribution in [-0.2, 0) is 16.6 Å². The maximum Gasteiger partial charge on any atom is 0.256 e. The minimum atomic E-state index is -3.74. The second kappa shape index (κ2) is 8.79. The number of nitrogens with one attached hydrogen (secondary N) is 1. The summed E-state index contributed by atoms with van der Waals surface area (Å²) in [6, 6.07) is 13.8. The second-order valence-electron chi connectivity index (χ2n) is 7.13. The van der Waals surface area contributed by atoms with Gasteiger partial charge >= 0.3 is 0 Å². The molecule has 0 fully saturated rings. The summed E-state index contributed by atoms with van der Waals surface area (Å²) in [5.74, 6) is 0.348. The normalized spacial score (nSPS) is 11.4. The van der Waals surface area contributed by atoms with E-state index in [4.69, 9.17) is 5.73 Å². The lowest BCUT2D eigenvalue weighted by molar-refractivity contribution is 0.477. The number of nitrogens with two attached hydrogens (primary N) is 1. The van der Waals surface area contributed by atoms with E-state index in [-0.39, 0.29) is 24.7 Å². The summed E-state index contributed by atoms with van der Waals surface area (Å²) in [5.41, 5.74) is 8.89. The van der Waals surface area contributed by atoms with Crippen LogP contribution in [0.2, 0.25) is 0 Å². The smallest absolute Gasteiger partial charge is 0.256 e. The molecular formula is C22H23N7O3S. The first-order valence-corrected chi connectivity index (χ1v) is 11.5. The topological polar surface area (TPSA) is 139 Å². The van der Waals surface area contributed by atoms with Crippen molar-refractivity contribution in [1.82, 2.24) is 19.7 Å². The molecule has 0 saturated heterocycles. The van der Waals surface area contributed by atoms with Crippen molar-refractivity contribution in [2.75, 3.05) is 28.9 Å². The molecule has 4 rings (SSSR count). The summed E-state index contributed by atoms with van der Waals surface area (Å²) >= 11 is 0. The highest BCUT2D eigenvalue weighted by molar-refractivity contribution is 7.95. The fourth-order valence-electron chi connectivity index (χ4n) is 3.54. The standard InChI is InChI=1S/C22H23N7O3S/c1-3-33(31,32)29(16-7-5-4-6-8-16)12-11-28-22-19(21(23)25-14-26-22)20(27-28)15-9-10-18(30)17(13-15)24-2/h3-10,13-14,24,30H,1,11-12H2,2H3,(H2,23,25,26). The van der Waals surface area contributed by atoms with Crippen LogP contribution in [0.5, 0.6) is 5.75 Å². The molecule has 10 nitrogen and oxygen atoms in total. The van der Waals surface area contributed by atoms with Gasteiger partial charge in [0.1, 0.15) is 23.6 Å². The third-order valence-electron chi connectivity index (χ3n) is 5.17. The number of aromatic hydroxyl groups is 1. The van der Waals surface area contributed by atoms with E-state index in [0.29, 0.717) is 33.7 Å². The monoisotopic (exact) mass is 465 g/mol. The molecule has 0 aliphatic heterocycles. The number of rotatable bonds is 8. The van der Waals surface area contributed by atoms with Crippen LogP contribution in [0.15, 0.2) is 66.8 Å². The Morgan fingerprint density at radius 3 is 2.67 bits per heavy atom. The first-order chi connectivity index (χ1) is 15.9. The molecule has 0 amide bonds. The predicted octanol–water partition coefficient (Wildman–Crippen LogP) is 2.80. The van der Waals surface area contributed by atoms with Crippen LogP contribution in [-0.4, -0.2) is 46.9 Å². The number of benzene rings is 2. The number of nitrogens with zero attached hydrogens (tertiary/aromatic N) is 5. The number of phenols is 1. The molecule has 0 radical (unpaired) electrons. The third kappa shape index (κ3) is 4.17. The molecule has 0 saturated carbocycles. The van der Waals surface area contributed by atoms with Gasteiger partial charge in [0, 0.05) is 18.0 Å². The minimum absolute atomic E-state index is 0.0931. The van der Waals surface area contributed by atoms with Gasteiger partial charge in [0.15, 0.2) is 5.65 Å². The summed E-state index contributed by atoms with van der Waals surface area (Å²) in [6.45, 7) is 3.74. The molecule has 4 aromatic rings. The van der Waals surface area contributed by atoms with Crippen LogP contribution in [0.25, 0.3) is 22.3 Å². The Morgan fingerprint density at radius 2 is 1.97 bits per heavy atom. The Labute approximate surface area is 191 Å². The Bertz CT molecular complexity index is 1420. The van der Waals surface area contributed by atoms with Crippen molar-refractivity contribution in [1.29, 1.82) is 0 Å². The SMILES string of the molecule is C=CS(=O)(=O)N(CCn1nc(-c2ccc(O)c(NC)c2)c2c(N)ncnc21)c1ccccc1. The van der Waals surface area contributed by atoms with Gasteiger partial charge in [-0.2, -0.15) is 5.10 Å². The quantitative estimate of drug-likeness (QED) is 0.338. The number of anilines is 3. The Balaban J connectivity index is 1.78. The van der Waals surface area contributed by atoms with Crippen LogP contribution in [0.3, 0.4) is 0 Å².